The van der Waals surface area contributed by atoms with Gasteiger partial charge in [0, 0.05) is 25.4 Å². The molecular formula is C13H13FN2O3S. The third-order valence-corrected chi connectivity index (χ3v) is 5.25. The Morgan fingerprint density at radius 1 is 1.45 bits per heavy atom. The molecular weight excluding hydrogens is 283 g/mol. The lowest BCUT2D eigenvalue weighted by molar-refractivity contribution is -0.124. The van der Waals surface area contributed by atoms with Crippen LogP contribution in [0.1, 0.15) is 18.9 Å². The average Bonchev–Trinajstić information content (AvgIpc) is 2.41. The molecule has 0 spiro atoms. The Hall–Kier alpha value is -1.78. The zero-order valence-electron chi connectivity index (χ0n) is 10.8. The third kappa shape index (κ3) is 2.44. The van der Waals surface area contributed by atoms with Crippen molar-refractivity contribution in [2.75, 3.05) is 13.1 Å². The number of piperidine rings is 1. The predicted molar refractivity (Wildman–Crippen MR) is 68.7 cm³/mol. The molecule has 1 aliphatic rings. The predicted octanol–water partition coefficient (Wildman–Crippen LogP) is 1.30. The van der Waals surface area contributed by atoms with Gasteiger partial charge in [0.2, 0.25) is 10.0 Å². The van der Waals surface area contributed by atoms with Crippen molar-refractivity contribution in [3.63, 3.8) is 0 Å². The van der Waals surface area contributed by atoms with Crippen LogP contribution >= 0.6 is 0 Å². The summed E-state index contributed by atoms with van der Waals surface area (Å²) < 4.78 is 39.6. The molecule has 0 radical (unpaired) electrons. The van der Waals surface area contributed by atoms with Crippen molar-refractivity contribution in [1.29, 1.82) is 5.26 Å². The van der Waals surface area contributed by atoms with Gasteiger partial charge in [0.05, 0.1) is 0 Å². The molecule has 1 aromatic rings. The van der Waals surface area contributed by atoms with E-state index in [1.807, 2.05) is 0 Å². The topological polar surface area (TPSA) is 78.2 Å². The fourth-order valence-corrected chi connectivity index (χ4v) is 3.85. The van der Waals surface area contributed by atoms with Crippen LogP contribution in [-0.2, 0) is 14.8 Å². The Bertz CT molecular complexity index is 694. The van der Waals surface area contributed by atoms with Gasteiger partial charge in [-0.15, -0.1) is 0 Å². The van der Waals surface area contributed by atoms with Crippen LogP contribution in [0.3, 0.4) is 0 Å². The first-order valence-corrected chi connectivity index (χ1v) is 7.53. The number of nitriles is 1. The van der Waals surface area contributed by atoms with E-state index >= 15 is 0 Å². The van der Waals surface area contributed by atoms with E-state index in [2.05, 4.69) is 0 Å². The highest BCUT2D eigenvalue weighted by molar-refractivity contribution is 7.89. The number of hydrogen-bond acceptors (Lipinski definition) is 4. The standard InChI is InChI=1S/C13H13FN2O3S/c1-9-8-16(6-5-12(9)17)20(18,19)13-4-2-3-11(14)10(13)7-15/h2-4,9H,5-6,8H2,1H3. The molecule has 1 aromatic carbocycles. The van der Waals surface area contributed by atoms with Crippen molar-refractivity contribution in [1.82, 2.24) is 4.31 Å². The summed E-state index contributed by atoms with van der Waals surface area (Å²) in [5, 5.41) is 8.93. The van der Waals surface area contributed by atoms with Gasteiger partial charge in [-0.25, -0.2) is 12.8 Å². The number of Topliss-reactive ketones (excluding diaryl/α,β-unsaturated/α-hetero) is 1. The van der Waals surface area contributed by atoms with Gasteiger partial charge in [0.25, 0.3) is 0 Å². The molecule has 1 saturated heterocycles. The molecule has 1 unspecified atom stereocenters. The highest BCUT2D eigenvalue weighted by Gasteiger charge is 2.34. The summed E-state index contributed by atoms with van der Waals surface area (Å²) in [5.74, 6) is -1.25. The Balaban J connectivity index is 2.44. The second kappa shape index (κ2) is 5.31. The molecule has 0 N–H and O–H groups in total. The number of carbonyl (C=O) groups is 1. The molecule has 1 heterocycles. The average molecular weight is 296 g/mol. The summed E-state index contributed by atoms with van der Waals surface area (Å²) in [4.78, 5) is 11.1. The molecule has 1 aliphatic heterocycles. The summed E-state index contributed by atoms with van der Waals surface area (Å²) in [6, 6.07) is 5.08. The maximum atomic E-state index is 13.5. The number of rotatable bonds is 2. The van der Waals surface area contributed by atoms with E-state index in [1.165, 1.54) is 12.1 Å². The summed E-state index contributed by atoms with van der Waals surface area (Å²) in [6.45, 7) is 1.77. The Kier molecular flexibility index (Phi) is 3.88. The summed E-state index contributed by atoms with van der Waals surface area (Å²) >= 11 is 0. The van der Waals surface area contributed by atoms with E-state index in [0.717, 1.165) is 10.4 Å². The van der Waals surface area contributed by atoms with Crippen LogP contribution in [0, 0.1) is 23.1 Å². The lowest BCUT2D eigenvalue weighted by Crippen LogP contribution is -2.43. The van der Waals surface area contributed by atoms with Gasteiger partial charge in [-0.1, -0.05) is 13.0 Å². The highest BCUT2D eigenvalue weighted by atomic mass is 32.2. The lowest BCUT2D eigenvalue weighted by Gasteiger charge is -2.29. The van der Waals surface area contributed by atoms with E-state index in [9.17, 15) is 17.6 Å². The van der Waals surface area contributed by atoms with Crippen LogP contribution in [0.4, 0.5) is 4.39 Å². The Labute approximate surface area is 116 Å². The lowest BCUT2D eigenvalue weighted by atomic mass is 10.0. The van der Waals surface area contributed by atoms with Crippen molar-refractivity contribution in [2.45, 2.75) is 18.2 Å². The molecule has 20 heavy (non-hydrogen) atoms. The molecule has 0 saturated carbocycles. The van der Waals surface area contributed by atoms with Gasteiger partial charge in [-0.2, -0.15) is 9.57 Å². The van der Waals surface area contributed by atoms with Gasteiger partial charge in [-0.05, 0) is 12.1 Å². The molecule has 0 aliphatic carbocycles. The summed E-state index contributed by atoms with van der Waals surface area (Å²) in [7, 11) is -3.97. The molecule has 0 bridgehead atoms. The minimum atomic E-state index is -3.97. The first-order chi connectivity index (χ1) is 9.37. The molecule has 7 heteroatoms. The van der Waals surface area contributed by atoms with Gasteiger partial charge in [0.1, 0.15) is 28.1 Å². The zero-order valence-corrected chi connectivity index (χ0v) is 11.7. The summed E-state index contributed by atoms with van der Waals surface area (Å²) in [6.07, 6.45) is 0.137. The number of ketones is 1. The van der Waals surface area contributed by atoms with Crippen LogP contribution in [0.15, 0.2) is 23.1 Å². The van der Waals surface area contributed by atoms with E-state index in [1.54, 1.807) is 13.0 Å². The van der Waals surface area contributed by atoms with Crippen molar-refractivity contribution in [2.24, 2.45) is 5.92 Å². The normalized spacial score (nSPS) is 20.6. The largest absolute Gasteiger partial charge is 0.299 e. The molecule has 0 aromatic heterocycles. The monoisotopic (exact) mass is 296 g/mol. The second-order valence-electron chi connectivity index (χ2n) is 4.71. The maximum absolute atomic E-state index is 13.5. The fraction of sp³-hybridized carbons (Fsp3) is 0.385. The number of carbonyl (C=O) groups excluding carboxylic acids is 1. The quantitative estimate of drug-likeness (QED) is 0.824. The minimum Gasteiger partial charge on any atom is -0.299 e. The smallest absolute Gasteiger partial charge is 0.244 e. The van der Waals surface area contributed by atoms with Gasteiger partial charge in [0.15, 0.2) is 0 Å². The van der Waals surface area contributed by atoms with Crippen molar-refractivity contribution in [3.8, 4) is 6.07 Å². The first kappa shape index (κ1) is 14.6. The van der Waals surface area contributed by atoms with Crippen molar-refractivity contribution >= 4 is 15.8 Å². The molecule has 5 nitrogen and oxygen atoms in total. The number of sulfonamides is 1. The molecule has 2 rings (SSSR count). The van der Waals surface area contributed by atoms with Crippen LogP contribution in [0.5, 0.6) is 0 Å². The fourth-order valence-electron chi connectivity index (χ4n) is 2.17. The third-order valence-electron chi connectivity index (χ3n) is 3.34. The SMILES string of the molecule is CC1CN(S(=O)(=O)c2cccc(F)c2C#N)CCC1=O. The Morgan fingerprint density at radius 3 is 2.75 bits per heavy atom. The number of benzene rings is 1. The summed E-state index contributed by atoms with van der Waals surface area (Å²) in [5.41, 5.74) is -0.489. The number of nitrogens with zero attached hydrogens (tertiary/aromatic N) is 2. The van der Waals surface area contributed by atoms with Crippen molar-refractivity contribution in [3.05, 3.63) is 29.6 Å². The maximum Gasteiger partial charge on any atom is 0.244 e. The van der Waals surface area contributed by atoms with Crippen LogP contribution in [0.2, 0.25) is 0 Å². The van der Waals surface area contributed by atoms with E-state index < -0.39 is 27.3 Å². The van der Waals surface area contributed by atoms with Gasteiger partial charge < -0.3 is 0 Å². The number of halogens is 1. The van der Waals surface area contributed by atoms with Crippen LogP contribution in [0.25, 0.3) is 0 Å². The minimum absolute atomic E-state index is 0.0104. The molecule has 106 valence electrons. The Morgan fingerprint density at radius 2 is 2.15 bits per heavy atom. The van der Waals surface area contributed by atoms with Crippen LogP contribution < -0.4 is 0 Å². The number of hydrogen-bond donors (Lipinski definition) is 0. The van der Waals surface area contributed by atoms with E-state index in [4.69, 9.17) is 5.26 Å². The van der Waals surface area contributed by atoms with Crippen molar-refractivity contribution < 1.29 is 17.6 Å². The highest BCUT2D eigenvalue weighted by Crippen LogP contribution is 2.25. The van der Waals surface area contributed by atoms with Gasteiger partial charge in [-0.3, -0.25) is 4.79 Å². The zero-order chi connectivity index (χ0) is 14.9. The second-order valence-corrected chi connectivity index (χ2v) is 6.61. The molecule has 1 atom stereocenters. The van der Waals surface area contributed by atoms with Crippen LogP contribution in [-0.4, -0.2) is 31.6 Å². The first-order valence-electron chi connectivity index (χ1n) is 6.09. The van der Waals surface area contributed by atoms with E-state index in [0.29, 0.717) is 0 Å². The van der Waals surface area contributed by atoms with E-state index in [-0.39, 0.29) is 30.2 Å². The van der Waals surface area contributed by atoms with Gasteiger partial charge >= 0.3 is 0 Å². The molecule has 1 fully saturated rings. The molecule has 0 amide bonds.